The van der Waals surface area contributed by atoms with Gasteiger partial charge in [-0.25, -0.2) is 9.67 Å². The predicted molar refractivity (Wildman–Crippen MR) is 79.3 cm³/mol. The summed E-state index contributed by atoms with van der Waals surface area (Å²) in [4.78, 5) is 25.9. The summed E-state index contributed by atoms with van der Waals surface area (Å²) in [5.74, 6) is -0.890. The summed E-state index contributed by atoms with van der Waals surface area (Å²) in [7, 11) is 0. The molecule has 0 fully saturated rings. The third-order valence-corrected chi connectivity index (χ3v) is 3.15. The summed E-state index contributed by atoms with van der Waals surface area (Å²) in [6, 6.07) is 7.65. The molecule has 0 saturated carbocycles. The molecule has 1 aromatic carbocycles. The summed E-state index contributed by atoms with van der Waals surface area (Å²) in [6.07, 6.45) is 4.66. The van der Waals surface area contributed by atoms with Crippen molar-refractivity contribution in [2.24, 2.45) is 0 Å². The summed E-state index contributed by atoms with van der Waals surface area (Å²) in [6.45, 7) is 0.454. The lowest BCUT2D eigenvalue weighted by atomic mass is 10.1. The van der Waals surface area contributed by atoms with E-state index in [1.807, 2.05) is 24.3 Å². The maximum absolute atomic E-state index is 11.6. The zero-order valence-electron chi connectivity index (χ0n) is 12.1. The number of carbonyl (C=O) groups is 2. The normalized spacial score (nSPS) is 10.4. The maximum Gasteiger partial charge on any atom is 0.303 e. The zero-order chi connectivity index (χ0) is 15.8. The molecular formula is C15H18N4O3. The van der Waals surface area contributed by atoms with E-state index in [1.54, 1.807) is 11.0 Å². The van der Waals surface area contributed by atoms with Gasteiger partial charge in [-0.15, -0.1) is 0 Å². The van der Waals surface area contributed by atoms with Gasteiger partial charge in [0.1, 0.15) is 12.7 Å². The molecule has 0 atom stereocenters. The number of hydrogen-bond acceptors (Lipinski definition) is 4. The van der Waals surface area contributed by atoms with Crippen LogP contribution in [0, 0.1) is 0 Å². The predicted octanol–water partition coefficient (Wildman–Crippen LogP) is 1.53. The minimum atomic E-state index is -0.826. The van der Waals surface area contributed by atoms with Crippen molar-refractivity contribution in [2.75, 3.05) is 0 Å². The van der Waals surface area contributed by atoms with E-state index in [4.69, 9.17) is 5.11 Å². The molecule has 2 aromatic rings. The number of benzene rings is 1. The quantitative estimate of drug-likeness (QED) is 0.721. The Morgan fingerprint density at radius 2 is 1.86 bits per heavy atom. The van der Waals surface area contributed by atoms with Gasteiger partial charge in [-0.05, 0) is 30.5 Å². The SMILES string of the molecule is O=C(O)CCCCC(=O)NCc1ccc(-n2cncn2)cc1. The first-order chi connectivity index (χ1) is 10.6. The van der Waals surface area contributed by atoms with Crippen LogP contribution in [0.5, 0.6) is 0 Å². The lowest BCUT2D eigenvalue weighted by Gasteiger charge is -2.06. The number of carboxylic acid groups (broad SMARTS) is 1. The van der Waals surface area contributed by atoms with E-state index < -0.39 is 5.97 Å². The van der Waals surface area contributed by atoms with Crippen LogP contribution in [0.25, 0.3) is 5.69 Å². The average molecular weight is 302 g/mol. The van der Waals surface area contributed by atoms with Crippen molar-refractivity contribution in [3.05, 3.63) is 42.5 Å². The molecule has 0 aliphatic heterocycles. The van der Waals surface area contributed by atoms with Crippen molar-refractivity contribution >= 4 is 11.9 Å². The molecule has 116 valence electrons. The van der Waals surface area contributed by atoms with Crippen LogP contribution in [-0.4, -0.2) is 31.7 Å². The van der Waals surface area contributed by atoms with Gasteiger partial charge < -0.3 is 10.4 Å². The third kappa shape index (κ3) is 5.01. The number of unbranched alkanes of at least 4 members (excludes halogenated alkanes) is 1. The van der Waals surface area contributed by atoms with Crippen molar-refractivity contribution in [3.63, 3.8) is 0 Å². The maximum atomic E-state index is 11.6. The van der Waals surface area contributed by atoms with Gasteiger partial charge in [0.2, 0.25) is 5.91 Å². The van der Waals surface area contributed by atoms with Crippen LogP contribution < -0.4 is 5.32 Å². The van der Waals surface area contributed by atoms with E-state index in [0.717, 1.165) is 11.3 Å². The van der Waals surface area contributed by atoms with E-state index in [0.29, 0.717) is 25.8 Å². The molecule has 2 N–H and O–H groups in total. The van der Waals surface area contributed by atoms with Crippen molar-refractivity contribution in [1.29, 1.82) is 0 Å². The van der Waals surface area contributed by atoms with Gasteiger partial charge in [0.15, 0.2) is 0 Å². The van der Waals surface area contributed by atoms with E-state index >= 15 is 0 Å². The molecular weight excluding hydrogens is 284 g/mol. The molecule has 1 heterocycles. The molecule has 1 aromatic heterocycles. The number of hydrogen-bond donors (Lipinski definition) is 2. The van der Waals surface area contributed by atoms with Gasteiger partial charge in [0.05, 0.1) is 5.69 Å². The molecule has 0 radical (unpaired) electrons. The topological polar surface area (TPSA) is 97.1 Å². The molecule has 0 bridgehead atoms. The van der Waals surface area contributed by atoms with Crippen molar-refractivity contribution < 1.29 is 14.7 Å². The number of nitrogens with one attached hydrogen (secondary N) is 1. The van der Waals surface area contributed by atoms with Crippen molar-refractivity contribution in [2.45, 2.75) is 32.2 Å². The van der Waals surface area contributed by atoms with Crippen LogP contribution in [0.4, 0.5) is 0 Å². The fourth-order valence-corrected chi connectivity index (χ4v) is 1.96. The average Bonchev–Trinajstić information content (AvgIpc) is 3.04. The van der Waals surface area contributed by atoms with Crippen LogP contribution in [-0.2, 0) is 16.1 Å². The van der Waals surface area contributed by atoms with Gasteiger partial charge >= 0.3 is 5.97 Å². The van der Waals surface area contributed by atoms with E-state index in [9.17, 15) is 9.59 Å². The van der Waals surface area contributed by atoms with Gasteiger partial charge in [-0.3, -0.25) is 9.59 Å². The Balaban J connectivity index is 1.72. The van der Waals surface area contributed by atoms with Gasteiger partial charge in [-0.1, -0.05) is 12.1 Å². The minimum Gasteiger partial charge on any atom is -0.481 e. The molecule has 0 aliphatic carbocycles. The van der Waals surface area contributed by atoms with E-state index in [1.165, 1.54) is 6.33 Å². The summed E-state index contributed by atoms with van der Waals surface area (Å²) in [5.41, 5.74) is 1.89. The third-order valence-electron chi connectivity index (χ3n) is 3.15. The summed E-state index contributed by atoms with van der Waals surface area (Å²) >= 11 is 0. The monoisotopic (exact) mass is 302 g/mol. The molecule has 0 aliphatic rings. The molecule has 2 rings (SSSR count). The molecule has 7 heteroatoms. The molecule has 0 saturated heterocycles. The number of aromatic nitrogens is 3. The molecule has 0 spiro atoms. The highest BCUT2D eigenvalue weighted by Crippen LogP contribution is 2.08. The zero-order valence-corrected chi connectivity index (χ0v) is 12.1. The number of amides is 1. The standard InChI is InChI=1S/C15H18N4O3/c20-14(3-1-2-4-15(21)22)17-9-12-5-7-13(8-6-12)19-11-16-10-18-19/h5-8,10-11H,1-4,9H2,(H,17,20)(H,21,22). The van der Waals surface area contributed by atoms with Crippen molar-refractivity contribution in [1.82, 2.24) is 20.1 Å². The largest absolute Gasteiger partial charge is 0.481 e. The van der Waals surface area contributed by atoms with Gasteiger partial charge in [0.25, 0.3) is 0 Å². The second-order valence-electron chi connectivity index (χ2n) is 4.88. The summed E-state index contributed by atoms with van der Waals surface area (Å²) in [5, 5.41) is 15.4. The Morgan fingerprint density at radius 1 is 1.14 bits per heavy atom. The number of nitrogens with zero attached hydrogens (tertiary/aromatic N) is 3. The number of carboxylic acids is 1. The number of carbonyl (C=O) groups excluding carboxylic acids is 1. The first kappa shape index (κ1) is 15.7. The molecule has 7 nitrogen and oxygen atoms in total. The highest BCUT2D eigenvalue weighted by atomic mass is 16.4. The van der Waals surface area contributed by atoms with Crippen LogP contribution in [0.2, 0.25) is 0 Å². The molecule has 1 amide bonds. The smallest absolute Gasteiger partial charge is 0.303 e. The highest BCUT2D eigenvalue weighted by Gasteiger charge is 2.03. The lowest BCUT2D eigenvalue weighted by Crippen LogP contribution is -2.22. The number of rotatable bonds is 8. The van der Waals surface area contributed by atoms with E-state index in [-0.39, 0.29) is 12.3 Å². The second-order valence-corrected chi connectivity index (χ2v) is 4.88. The first-order valence-electron chi connectivity index (χ1n) is 7.07. The lowest BCUT2D eigenvalue weighted by molar-refractivity contribution is -0.137. The van der Waals surface area contributed by atoms with Gasteiger partial charge in [0, 0.05) is 19.4 Å². The highest BCUT2D eigenvalue weighted by molar-refractivity contribution is 5.75. The first-order valence-corrected chi connectivity index (χ1v) is 7.07. The Morgan fingerprint density at radius 3 is 2.50 bits per heavy atom. The van der Waals surface area contributed by atoms with E-state index in [2.05, 4.69) is 15.4 Å². The Kier molecular flexibility index (Phi) is 5.65. The minimum absolute atomic E-state index is 0.0641. The number of aliphatic carboxylic acids is 1. The van der Waals surface area contributed by atoms with Crippen LogP contribution in [0.3, 0.4) is 0 Å². The Bertz CT molecular complexity index is 608. The van der Waals surface area contributed by atoms with Crippen LogP contribution >= 0.6 is 0 Å². The van der Waals surface area contributed by atoms with Crippen LogP contribution in [0.15, 0.2) is 36.9 Å². The Labute approximate surface area is 128 Å². The second kappa shape index (κ2) is 7.92. The fraction of sp³-hybridized carbons (Fsp3) is 0.333. The van der Waals surface area contributed by atoms with Crippen LogP contribution in [0.1, 0.15) is 31.2 Å². The Hall–Kier alpha value is -2.70. The fourth-order valence-electron chi connectivity index (χ4n) is 1.96. The van der Waals surface area contributed by atoms with Gasteiger partial charge in [-0.2, -0.15) is 5.10 Å². The summed E-state index contributed by atoms with van der Waals surface area (Å²) < 4.78 is 1.66. The molecule has 0 unspecified atom stereocenters. The van der Waals surface area contributed by atoms with Crippen molar-refractivity contribution in [3.8, 4) is 5.69 Å². The molecule has 22 heavy (non-hydrogen) atoms.